The Morgan fingerprint density at radius 2 is 1.09 bits per heavy atom. The van der Waals surface area contributed by atoms with E-state index in [9.17, 15) is 0 Å². The first-order valence-electron chi connectivity index (χ1n) is 17.5. The van der Waals surface area contributed by atoms with Crippen LogP contribution in [0.5, 0.6) is 0 Å². The van der Waals surface area contributed by atoms with Crippen LogP contribution in [0.3, 0.4) is 0 Å². The summed E-state index contributed by atoms with van der Waals surface area (Å²) in [4.78, 5) is 0. The highest BCUT2D eigenvalue weighted by atomic mass is 16.5. The Kier molecular flexibility index (Phi) is 23.3. The molecule has 0 aliphatic heterocycles. The Morgan fingerprint density at radius 1 is 0.591 bits per heavy atom. The lowest BCUT2D eigenvalue weighted by Gasteiger charge is -2.23. The number of rotatable bonds is 24. The highest BCUT2D eigenvalue weighted by Gasteiger charge is 2.16. The second-order valence-electron chi connectivity index (χ2n) is 14.7. The monoisotopic (exact) mass is 609 g/mol. The lowest BCUT2D eigenvalue weighted by molar-refractivity contribution is 0.0128. The van der Waals surface area contributed by atoms with Gasteiger partial charge >= 0.3 is 0 Å². The van der Waals surface area contributed by atoms with Crippen molar-refractivity contribution < 1.29 is 9.47 Å². The Labute approximate surface area is 275 Å². The van der Waals surface area contributed by atoms with E-state index in [0.29, 0.717) is 17.8 Å². The molecule has 0 aromatic carbocycles. The van der Waals surface area contributed by atoms with E-state index in [0.717, 1.165) is 31.6 Å². The minimum Gasteiger partial charge on any atom is -0.379 e. The summed E-state index contributed by atoms with van der Waals surface area (Å²) >= 11 is 0. The van der Waals surface area contributed by atoms with E-state index < -0.39 is 0 Å². The van der Waals surface area contributed by atoms with Gasteiger partial charge in [0.15, 0.2) is 0 Å². The fourth-order valence-electron chi connectivity index (χ4n) is 4.82. The van der Waals surface area contributed by atoms with Gasteiger partial charge in [-0.15, -0.1) is 0 Å². The second-order valence-corrected chi connectivity index (χ2v) is 14.7. The van der Waals surface area contributed by atoms with Crippen LogP contribution in [-0.4, -0.2) is 25.4 Å². The average Bonchev–Trinajstić information content (AvgIpc) is 2.95. The second kappa shape index (κ2) is 24.3. The van der Waals surface area contributed by atoms with Crippen molar-refractivity contribution in [2.75, 3.05) is 14.2 Å². The van der Waals surface area contributed by atoms with Gasteiger partial charge < -0.3 is 9.47 Å². The molecular weight excluding hydrogens is 536 g/mol. The molecule has 4 atom stereocenters. The molecule has 0 amide bonds. The van der Waals surface area contributed by atoms with Crippen molar-refractivity contribution in [2.45, 2.75) is 145 Å². The lowest BCUT2D eigenvalue weighted by Crippen LogP contribution is -2.22. The molecule has 0 aromatic rings. The van der Waals surface area contributed by atoms with Crippen molar-refractivity contribution >= 4 is 0 Å². The zero-order chi connectivity index (χ0) is 33.4. The van der Waals surface area contributed by atoms with Crippen molar-refractivity contribution in [1.82, 2.24) is 0 Å². The highest BCUT2D eigenvalue weighted by Crippen LogP contribution is 2.21. The summed E-state index contributed by atoms with van der Waals surface area (Å²) in [5.74, 6) is 2.64. The molecule has 0 saturated heterocycles. The summed E-state index contributed by atoms with van der Waals surface area (Å²) in [6, 6.07) is 0. The quantitative estimate of drug-likeness (QED) is 0.0801. The summed E-state index contributed by atoms with van der Waals surface area (Å²) in [6.45, 7) is 22.3. The molecule has 0 N–H and O–H groups in total. The molecule has 2 heteroatoms. The van der Waals surface area contributed by atoms with Crippen LogP contribution < -0.4 is 0 Å². The molecule has 2 nitrogen and oxygen atoms in total. The van der Waals surface area contributed by atoms with Crippen molar-refractivity contribution in [3.05, 3.63) is 84.1 Å². The first kappa shape index (κ1) is 42.1. The van der Waals surface area contributed by atoms with E-state index >= 15 is 0 Å². The summed E-state index contributed by atoms with van der Waals surface area (Å²) in [7, 11) is 3.58. The van der Waals surface area contributed by atoms with Gasteiger partial charge in [0.1, 0.15) is 0 Å². The Morgan fingerprint density at radius 3 is 1.68 bits per heavy atom. The third-order valence-corrected chi connectivity index (χ3v) is 8.66. The molecule has 0 radical (unpaired) electrons. The van der Waals surface area contributed by atoms with Gasteiger partial charge in [0.2, 0.25) is 0 Å². The van der Waals surface area contributed by atoms with E-state index in [1.807, 2.05) is 7.11 Å². The molecule has 0 rings (SSSR count). The van der Waals surface area contributed by atoms with Crippen molar-refractivity contribution in [1.29, 1.82) is 0 Å². The van der Waals surface area contributed by atoms with Crippen molar-refractivity contribution in [2.24, 2.45) is 23.7 Å². The maximum Gasteiger partial charge on any atom is 0.0657 e. The van der Waals surface area contributed by atoms with E-state index in [1.165, 1.54) is 49.7 Å². The average molecular weight is 609 g/mol. The van der Waals surface area contributed by atoms with Gasteiger partial charge in [-0.3, -0.25) is 0 Å². The summed E-state index contributed by atoms with van der Waals surface area (Å²) in [5, 5.41) is 0. The predicted molar refractivity (Wildman–Crippen MR) is 198 cm³/mol. The van der Waals surface area contributed by atoms with Gasteiger partial charge in [-0.1, -0.05) is 137 Å². The number of ether oxygens (including phenoxy) is 2. The lowest BCUT2D eigenvalue weighted by atomic mass is 9.95. The number of allylic oxidation sites excluding steroid dienone is 13. The third kappa shape index (κ3) is 25.4. The van der Waals surface area contributed by atoms with E-state index in [4.69, 9.17) is 9.47 Å². The van der Waals surface area contributed by atoms with Gasteiger partial charge in [-0.25, -0.2) is 0 Å². The van der Waals surface area contributed by atoms with Gasteiger partial charge in [-0.05, 0) is 104 Å². The zero-order valence-corrected chi connectivity index (χ0v) is 31.1. The van der Waals surface area contributed by atoms with Crippen LogP contribution in [0.25, 0.3) is 0 Å². The minimum atomic E-state index is -0.0966. The molecule has 0 spiro atoms. The normalized spacial score (nSPS) is 17.2. The summed E-state index contributed by atoms with van der Waals surface area (Å²) < 4.78 is 11.0. The van der Waals surface area contributed by atoms with Crippen LogP contribution in [0.1, 0.15) is 133 Å². The molecule has 0 aliphatic carbocycles. The first-order valence-corrected chi connectivity index (χ1v) is 17.5. The van der Waals surface area contributed by atoms with E-state index in [1.54, 1.807) is 7.11 Å². The molecule has 44 heavy (non-hydrogen) atoms. The largest absolute Gasteiger partial charge is 0.379 e. The summed E-state index contributed by atoms with van der Waals surface area (Å²) in [5.41, 5.74) is 2.50. The highest BCUT2D eigenvalue weighted by molar-refractivity contribution is 5.22. The van der Waals surface area contributed by atoms with Gasteiger partial charge in [-0.2, -0.15) is 0 Å². The molecule has 252 valence electrons. The maximum atomic E-state index is 5.53. The van der Waals surface area contributed by atoms with Crippen LogP contribution in [0.2, 0.25) is 0 Å². The van der Waals surface area contributed by atoms with Gasteiger partial charge in [0.05, 0.1) is 11.2 Å². The van der Waals surface area contributed by atoms with Crippen LogP contribution in [-0.2, 0) is 9.47 Å². The third-order valence-electron chi connectivity index (χ3n) is 8.66. The van der Waals surface area contributed by atoms with Gasteiger partial charge in [0, 0.05) is 14.2 Å². The number of methoxy groups -OCH3 is 2. The smallest absolute Gasteiger partial charge is 0.0657 e. The molecule has 0 bridgehead atoms. The molecule has 0 fully saturated rings. The van der Waals surface area contributed by atoms with E-state index in [2.05, 4.69) is 142 Å². The fraction of sp³-hybridized carbons (Fsp3) is 0.667. The maximum absolute atomic E-state index is 5.53. The molecule has 4 unspecified atom stereocenters. The van der Waals surface area contributed by atoms with Crippen LogP contribution in [0.4, 0.5) is 0 Å². The summed E-state index contributed by atoms with van der Waals surface area (Å²) in [6.07, 6.45) is 39.1. The van der Waals surface area contributed by atoms with Crippen LogP contribution in [0, 0.1) is 23.7 Å². The van der Waals surface area contributed by atoms with Gasteiger partial charge in [0.25, 0.3) is 0 Å². The molecule has 0 aliphatic rings. The Bertz CT molecular complexity index is 937. The first-order chi connectivity index (χ1) is 20.7. The van der Waals surface area contributed by atoms with Crippen molar-refractivity contribution in [3.63, 3.8) is 0 Å². The predicted octanol–water partition coefficient (Wildman–Crippen LogP) is 13.0. The van der Waals surface area contributed by atoms with Crippen LogP contribution >= 0.6 is 0 Å². The minimum absolute atomic E-state index is 0.00256. The molecule has 0 heterocycles. The molecule has 0 aromatic heterocycles. The van der Waals surface area contributed by atoms with Crippen molar-refractivity contribution in [3.8, 4) is 0 Å². The van der Waals surface area contributed by atoms with Crippen LogP contribution in [0.15, 0.2) is 84.1 Å². The fourth-order valence-corrected chi connectivity index (χ4v) is 4.82. The zero-order valence-electron chi connectivity index (χ0n) is 31.1. The Balaban J connectivity index is 4.20. The SMILES string of the molecule is COC(C)(C)C/C=C/C(C)=C/C=C/C(C)CCCC(C)C/C=C/CC(C)/C=C/C=C(C)/C=C/CC(C)CCCC(C)(C)OC. The number of hydrogen-bond acceptors (Lipinski definition) is 2. The standard InChI is InChI=1S/C42H72O2/c1-35(23-15-25-37(3)27-17-29-39(5)31-19-33-41(7,8)43-11)21-13-14-22-36(2)24-16-26-38(4)28-18-30-40(6)32-20-34-42(9,10)44-12/h13-15,17-18,20,23,25,27-28,30,32,35-36,38-39H,16,19,21-22,24,26,29,31,33-34H2,1-12H3/b14-13+,23-15+,27-17+,28-18+,32-20+,37-25+,40-30+. The Hall–Kier alpha value is -1.90. The molecule has 0 saturated carbocycles. The topological polar surface area (TPSA) is 18.5 Å². The molecular formula is C42H72O2. The number of hydrogen-bond donors (Lipinski definition) is 0. The van der Waals surface area contributed by atoms with E-state index in [-0.39, 0.29) is 11.2 Å².